The molecule has 7 nitrogen and oxygen atoms in total. The second-order valence-electron chi connectivity index (χ2n) is 7.78. The average Bonchev–Trinajstić information content (AvgIpc) is 2.80. The zero-order valence-corrected chi connectivity index (χ0v) is 18.1. The van der Waals surface area contributed by atoms with Crippen LogP contribution in [0.4, 0.5) is 14.9 Å². The molecule has 1 aliphatic rings. The third kappa shape index (κ3) is 5.02. The van der Waals surface area contributed by atoms with Gasteiger partial charge in [0.05, 0.1) is 11.8 Å². The van der Waals surface area contributed by atoms with E-state index in [-0.39, 0.29) is 35.5 Å². The molecule has 0 saturated heterocycles. The molecule has 1 aromatic carbocycles. The number of rotatable bonds is 5. The van der Waals surface area contributed by atoms with E-state index < -0.39 is 5.82 Å². The summed E-state index contributed by atoms with van der Waals surface area (Å²) in [6, 6.07) is 7.78. The van der Waals surface area contributed by atoms with Crippen LogP contribution < -0.4 is 10.2 Å². The number of aliphatic hydroxyl groups excluding tert-OH is 1. The Kier molecular flexibility index (Phi) is 7.22. The average molecular weight is 429 g/mol. The highest BCUT2D eigenvalue weighted by molar-refractivity contribution is 5.93. The Hall–Kier alpha value is -3.00. The first kappa shape index (κ1) is 22.7. The van der Waals surface area contributed by atoms with Crippen LogP contribution in [0.2, 0.25) is 0 Å². The molecule has 0 atom stereocenters. The van der Waals surface area contributed by atoms with Crippen LogP contribution in [0.15, 0.2) is 36.5 Å². The molecule has 1 aromatic heterocycles. The summed E-state index contributed by atoms with van der Waals surface area (Å²) >= 11 is 0. The minimum Gasteiger partial charge on any atom is -0.393 e. The summed E-state index contributed by atoms with van der Waals surface area (Å²) in [5.74, 6) is -0.794. The lowest BCUT2D eigenvalue weighted by molar-refractivity contribution is 0.0931. The minimum absolute atomic E-state index is 0.0391. The number of carbonyl (C=O) groups is 2. The van der Waals surface area contributed by atoms with Gasteiger partial charge in [-0.15, -0.1) is 0 Å². The van der Waals surface area contributed by atoms with Crippen LogP contribution in [-0.4, -0.2) is 59.7 Å². The van der Waals surface area contributed by atoms with Gasteiger partial charge in [0.15, 0.2) is 0 Å². The van der Waals surface area contributed by atoms with Gasteiger partial charge >= 0.3 is 6.03 Å². The molecule has 1 aliphatic carbocycles. The highest BCUT2D eigenvalue weighted by Crippen LogP contribution is 2.29. The Morgan fingerprint density at radius 2 is 1.84 bits per heavy atom. The van der Waals surface area contributed by atoms with Gasteiger partial charge in [-0.1, -0.05) is 12.1 Å². The number of anilines is 1. The van der Waals surface area contributed by atoms with Crippen molar-refractivity contribution in [1.82, 2.24) is 15.2 Å². The standard InChI is InChI=1S/C23H29FN4O3/c1-4-28(23(31)27(3)17-7-9-18(29)10-8-17)21-12-6-15(13-19(21)24)16-5-11-20(26-14-16)22(30)25-2/h5-6,11-14,17-18,29H,4,7-10H2,1-3H3,(H,25,30). The molecule has 1 heterocycles. The molecule has 0 spiro atoms. The van der Waals surface area contributed by atoms with Crippen molar-refractivity contribution in [3.63, 3.8) is 0 Å². The number of aromatic nitrogens is 1. The number of nitrogens with one attached hydrogen (secondary N) is 1. The SMILES string of the molecule is CCN(C(=O)N(C)C1CCC(O)CC1)c1ccc(-c2ccc(C(=O)NC)nc2)cc1F. The van der Waals surface area contributed by atoms with E-state index in [1.807, 2.05) is 6.92 Å². The van der Waals surface area contributed by atoms with Crippen LogP contribution in [-0.2, 0) is 0 Å². The number of amides is 3. The molecule has 0 radical (unpaired) electrons. The monoisotopic (exact) mass is 428 g/mol. The van der Waals surface area contributed by atoms with E-state index in [9.17, 15) is 14.7 Å². The Morgan fingerprint density at radius 3 is 2.39 bits per heavy atom. The van der Waals surface area contributed by atoms with Crippen molar-refractivity contribution in [1.29, 1.82) is 0 Å². The van der Waals surface area contributed by atoms with Crippen molar-refractivity contribution in [3.8, 4) is 11.1 Å². The Labute approximate surface area is 181 Å². The summed E-state index contributed by atoms with van der Waals surface area (Å²) in [5.41, 5.74) is 1.78. The molecule has 3 amide bonds. The largest absolute Gasteiger partial charge is 0.393 e. The number of hydrogen-bond acceptors (Lipinski definition) is 4. The smallest absolute Gasteiger partial charge is 0.324 e. The summed E-state index contributed by atoms with van der Waals surface area (Å²) in [5, 5.41) is 12.2. The van der Waals surface area contributed by atoms with Crippen LogP contribution >= 0.6 is 0 Å². The Bertz CT molecular complexity index is 927. The quantitative estimate of drug-likeness (QED) is 0.764. The molecule has 1 fully saturated rings. The fourth-order valence-electron chi connectivity index (χ4n) is 3.93. The van der Waals surface area contributed by atoms with E-state index >= 15 is 4.39 Å². The summed E-state index contributed by atoms with van der Waals surface area (Å²) in [4.78, 5) is 31.9. The molecule has 1 saturated carbocycles. The summed E-state index contributed by atoms with van der Waals surface area (Å²) in [7, 11) is 3.27. The Morgan fingerprint density at radius 1 is 1.16 bits per heavy atom. The number of nitrogens with zero attached hydrogens (tertiary/aromatic N) is 3. The Balaban J connectivity index is 1.78. The first-order chi connectivity index (χ1) is 14.8. The normalized spacial score (nSPS) is 18.4. The molecule has 0 unspecified atom stereocenters. The zero-order chi connectivity index (χ0) is 22.5. The predicted molar refractivity (Wildman–Crippen MR) is 117 cm³/mol. The van der Waals surface area contributed by atoms with Gasteiger partial charge in [-0.3, -0.25) is 14.7 Å². The zero-order valence-electron chi connectivity index (χ0n) is 18.1. The van der Waals surface area contributed by atoms with E-state index in [1.54, 1.807) is 36.2 Å². The number of carbonyl (C=O) groups excluding carboxylic acids is 2. The summed E-state index contributed by atoms with van der Waals surface area (Å²) in [6.45, 7) is 2.14. The highest BCUT2D eigenvalue weighted by atomic mass is 19.1. The maximum atomic E-state index is 15.0. The number of urea groups is 1. The molecular formula is C23H29FN4O3. The number of halogens is 1. The van der Waals surface area contributed by atoms with Crippen molar-refractivity contribution in [2.75, 3.05) is 25.5 Å². The van der Waals surface area contributed by atoms with Gasteiger partial charge in [-0.25, -0.2) is 9.18 Å². The van der Waals surface area contributed by atoms with Crippen molar-refractivity contribution >= 4 is 17.6 Å². The molecule has 0 bridgehead atoms. The van der Waals surface area contributed by atoms with Crippen molar-refractivity contribution in [3.05, 3.63) is 48.0 Å². The molecule has 3 rings (SSSR count). The van der Waals surface area contributed by atoms with Crippen LogP contribution in [0, 0.1) is 5.82 Å². The lowest BCUT2D eigenvalue weighted by atomic mass is 9.92. The topological polar surface area (TPSA) is 85.8 Å². The van der Waals surface area contributed by atoms with Gasteiger partial charge in [0, 0.05) is 38.4 Å². The molecular weight excluding hydrogens is 399 g/mol. The highest BCUT2D eigenvalue weighted by Gasteiger charge is 2.29. The fraction of sp³-hybridized carbons (Fsp3) is 0.435. The first-order valence-electron chi connectivity index (χ1n) is 10.6. The maximum Gasteiger partial charge on any atom is 0.324 e. The van der Waals surface area contributed by atoms with E-state index in [2.05, 4.69) is 10.3 Å². The van der Waals surface area contributed by atoms with Gasteiger partial charge in [0.25, 0.3) is 5.91 Å². The predicted octanol–water partition coefficient (Wildman–Crippen LogP) is 3.43. The van der Waals surface area contributed by atoms with Gasteiger partial charge < -0.3 is 15.3 Å². The molecule has 166 valence electrons. The van der Waals surface area contributed by atoms with Crippen molar-refractivity contribution in [2.45, 2.75) is 44.8 Å². The maximum absolute atomic E-state index is 15.0. The van der Waals surface area contributed by atoms with Gasteiger partial charge in [-0.05, 0) is 56.4 Å². The summed E-state index contributed by atoms with van der Waals surface area (Å²) < 4.78 is 15.0. The molecule has 0 aliphatic heterocycles. The van der Waals surface area contributed by atoms with Crippen LogP contribution in [0.3, 0.4) is 0 Å². The summed E-state index contributed by atoms with van der Waals surface area (Å²) in [6.07, 6.45) is 4.04. The van der Waals surface area contributed by atoms with Gasteiger partial charge in [0.2, 0.25) is 0 Å². The van der Waals surface area contributed by atoms with Gasteiger partial charge in [-0.2, -0.15) is 0 Å². The van der Waals surface area contributed by atoms with E-state index in [4.69, 9.17) is 0 Å². The van der Waals surface area contributed by atoms with E-state index in [0.717, 1.165) is 12.8 Å². The van der Waals surface area contributed by atoms with Crippen LogP contribution in [0.1, 0.15) is 43.1 Å². The fourth-order valence-corrected chi connectivity index (χ4v) is 3.93. The molecule has 8 heteroatoms. The van der Waals surface area contributed by atoms with Crippen LogP contribution in [0.25, 0.3) is 11.1 Å². The molecule has 2 N–H and O–H groups in total. The number of aliphatic hydroxyl groups is 1. The second kappa shape index (κ2) is 9.87. The molecule has 2 aromatic rings. The minimum atomic E-state index is -0.504. The number of benzene rings is 1. The van der Waals surface area contributed by atoms with E-state index in [0.29, 0.717) is 30.5 Å². The third-order valence-electron chi connectivity index (χ3n) is 5.86. The molecule has 31 heavy (non-hydrogen) atoms. The van der Waals surface area contributed by atoms with Crippen molar-refractivity contribution in [2.24, 2.45) is 0 Å². The first-order valence-corrected chi connectivity index (χ1v) is 10.6. The number of hydrogen-bond donors (Lipinski definition) is 2. The third-order valence-corrected chi connectivity index (χ3v) is 5.86. The number of pyridine rings is 1. The van der Waals surface area contributed by atoms with E-state index in [1.165, 1.54) is 24.2 Å². The van der Waals surface area contributed by atoms with Crippen molar-refractivity contribution < 1.29 is 19.1 Å². The lowest BCUT2D eigenvalue weighted by Gasteiger charge is -2.36. The lowest BCUT2D eigenvalue weighted by Crippen LogP contribution is -2.47. The van der Waals surface area contributed by atoms with Crippen LogP contribution in [0.5, 0.6) is 0 Å². The van der Waals surface area contributed by atoms with Gasteiger partial charge in [0.1, 0.15) is 11.5 Å². The second-order valence-corrected chi connectivity index (χ2v) is 7.78.